The molecule has 0 unspecified atom stereocenters. The number of amides is 2. The minimum Gasteiger partial charge on any atom is -0.352 e. The summed E-state index contributed by atoms with van der Waals surface area (Å²) in [6, 6.07) is 7.11. The van der Waals surface area contributed by atoms with Gasteiger partial charge in [0.25, 0.3) is 5.91 Å². The fourth-order valence-electron chi connectivity index (χ4n) is 3.57. The quantitative estimate of drug-likeness (QED) is 0.753. The van der Waals surface area contributed by atoms with Crippen LogP contribution >= 0.6 is 11.6 Å². The third kappa shape index (κ3) is 3.93. The summed E-state index contributed by atoms with van der Waals surface area (Å²) < 4.78 is 0. The van der Waals surface area contributed by atoms with Crippen molar-refractivity contribution in [2.45, 2.75) is 19.8 Å². The Morgan fingerprint density at radius 1 is 1.14 bits per heavy atom. The van der Waals surface area contributed by atoms with Crippen molar-refractivity contribution in [3.8, 4) is 0 Å². The highest BCUT2D eigenvalue weighted by molar-refractivity contribution is 6.34. The Balaban J connectivity index is 1.44. The van der Waals surface area contributed by atoms with Crippen LogP contribution in [-0.4, -0.2) is 58.8 Å². The van der Waals surface area contributed by atoms with Crippen molar-refractivity contribution in [1.82, 2.24) is 15.1 Å². The molecule has 0 aliphatic carbocycles. The average molecular weight is 413 g/mol. The van der Waals surface area contributed by atoms with Crippen molar-refractivity contribution in [3.63, 3.8) is 0 Å². The van der Waals surface area contributed by atoms with E-state index >= 15 is 0 Å². The van der Waals surface area contributed by atoms with Crippen LogP contribution in [0.3, 0.4) is 0 Å². The number of nitrogens with zero attached hydrogens (tertiary/aromatic N) is 4. The summed E-state index contributed by atoms with van der Waals surface area (Å²) in [5.74, 6) is 0.607. The van der Waals surface area contributed by atoms with E-state index in [2.05, 4.69) is 20.4 Å². The van der Waals surface area contributed by atoms with Crippen LogP contribution in [0.25, 0.3) is 0 Å². The molecule has 3 heterocycles. The molecule has 2 N–H and O–H groups in total. The summed E-state index contributed by atoms with van der Waals surface area (Å²) in [7, 11) is 0. The number of halogens is 1. The van der Waals surface area contributed by atoms with Crippen LogP contribution in [0.5, 0.6) is 0 Å². The Kier molecular flexibility index (Phi) is 5.19. The Hall–Kier alpha value is -3.00. The predicted octanol–water partition coefficient (Wildman–Crippen LogP) is 2.36. The Bertz CT molecular complexity index is 983. The SMILES string of the molecule is CC(=N)c1ccc(N2CCN(C(=O)c3cc4c(cc3Cl)NC(=O)CC4)CC2)nn1. The Morgan fingerprint density at radius 2 is 1.90 bits per heavy atom. The molecule has 0 atom stereocenters. The normalized spacial score (nSPS) is 16.3. The number of carbonyl (C=O) groups excluding carboxylic acids is 2. The van der Waals surface area contributed by atoms with Crippen LogP contribution in [-0.2, 0) is 11.2 Å². The highest BCUT2D eigenvalue weighted by atomic mass is 35.5. The maximum Gasteiger partial charge on any atom is 0.255 e. The molecule has 0 bridgehead atoms. The molecule has 1 fully saturated rings. The minimum absolute atomic E-state index is 0.0318. The number of aryl methyl sites for hydroxylation is 1. The molecular weight excluding hydrogens is 392 g/mol. The van der Waals surface area contributed by atoms with Crippen LogP contribution in [0.15, 0.2) is 24.3 Å². The van der Waals surface area contributed by atoms with Crippen LogP contribution in [0.1, 0.15) is 35.0 Å². The van der Waals surface area contributed by atoms with Crippen molar-refractivity contribution >= 4 is 40.6 Å². The molecule has 2 aliphatic heterocycles. The second kappa shape index (κ2) is 7.79. The molecule has 0 radical (unpaired) electrons. The molecular formula is C20H21ClN6O2. The molecule has 29 heavy (non-hydrogen) atoms. The second-order valence-electron chi connectivity index (χ2n) is 7.22. The van der Waals surface area contributed by atoms with E-state index in [0.29, 0.717) is 66.7 Å². The molecule has 1 saturated heterocycles. The lowest BCUT2D eigenvalue weighted by molar-refractivity contribution is -0.116. The number of anilines is 2. The van der Waals surface area contributed by atoms with E-state index < -0.39 is 0 Å². The van der Waals surface area contributed by atoms with Gasteiger partial charge in [-0.25, -0.2) is 0 Å². The van der Waals surface area contributed by atoms with Gasteiger partial charge in [0.1, 0.15) is 5.69 Å². The van der Waals surface area contributed by atoms with Gasteiger partial charge in [0.2, 0.25) is 5.91 Å². The van der Waals surface area contributed by atoms with Gasteiger partial charge < -0.3 is 20.5 Å². The molecule has 2 aliphatic rings. The van der Waals surface area contributed by atoms with Crippen LogP contribution in [0.2, 0.25) is 5.02 Å². The molecule has 1 aromatic carbocycles. The number of rotatable bonds is 3. The van der Waals surface area contributed by atoms with Crippen molar-refractivity contribution in [2.75, 3.05) is 36.4 Å². The molecule has 8 nitrogen and oxygen atoms in total. The van der Waals surface area contributed by atoms with Gasteiger partial charge in [0, 0.05) is 38.3 Å². The number of fused-ring (bicyclic) bond motifs is 1. The van der Waals surface area contributed by atoms with Gasteiger partial charge in [-0.15, -0.1) is 10.2 Å². The third-order valence-electron chi connectivity index (χ3n) is 5.24. The largest absolute Gasteiger partial charge is 0.352 e. The van der Waals surface area contributed by atoms with E-state index in [4.69, 9.17) is 17.0 Å². The lowest BCUT2D eigenvalue weighted by Crippen LogP contribution is -2.49. The number of hydrogen-bond donors (Lipinski definition) is 2. The monoisotopic (exact) mass is 412 g/mol. The fraction of sp³-hybridized carbons (Fsp3) is 0.350. The number of aromatic nitrogens is 2. The van der Waals surface area contributed by atoms with E-state index in [9.17, 15) is 9.59 Å². The first kappa shape index (κ1) is 19.3. The van der Waals surface area contributed by atoms with Gasteiger partial charge in [-0.05, 0) is 43.2 Å². The number of piperazine rings is 1. The van der Waals surface area contributed by atoms with Crippen LogP contribution in [0.4, 0.5) is 11.5 Å². The zero-order valence-electron chi connectivity index (χ0n) is 16.0. The summed E-state index contributed by atoms with van der Waals surface area (Å²) in [6.45, 7) is 4.06. The number of nitrogens with one attached hydrogen (secondary N) is 2. The van der Waals surface area contributed by atoms with E-state index in [1.165, 1.54) is 0 Å². The van der Waals surface area contributed by atoms with E-state index in [1.54, 1.807) is 30.0 Å². The maximum atomic E-state index is 13.0. The van der Waals surface area contributed by atoms with Gasteiger partial charge in [-0.3, -0.25) is 9.59 Å². The maximum absolute atomic E-state index is 13.0. The summed E-state index contributed by atoms with van der Waals surface area (Å²) in [5, 5.41) is 19.0. The van der Waals surface area contributed by atoms with Gasteiger partial charge >= 0.3 is 0 Å². The second-order valence-corrected chi connectivity index (χ2v) is 7.63. The van der Waals surface area contributed by atoms with E-state index in [1.807, 2.05) is 6.07 Å². The summed E-state index contributed by atoms with van der Waals surface area (Å²) >= 11 is 6.34. The molecule has 0 spiro atoms. The zero-order chi connectivity index (χ0) is 20.5. The first-order valence-electron chi connectivity index (χ1n) is 9.48. The van der Waals surface area contributed by atoms with Crippen molar-refractivity contribution in [1.29, 1.82) is 5.41 Å². The number of hydrogen-bond acceptors (Lipinski definition) is 6. The minimum atomic E-state index is -0.102. The summed E-state index contributed by atoms with van der Waals surface area (Å²) in [5.41, 5.74) is 3.03. The van der Waals surface area contributed by atoms with Crippen molar-refractivity contribution in [2.24, 2.45) is 0 Å². The lowest BCUT2D eigenvalue weighted by atomic mass is 9.99. The Labute approximate surface area is 173 Å². The van der Waals surface area contributed by atoms with Gasteiger partial charge in [-0.2, -0.15) is 0 Å². The first-order valence-corrected chi connectivity index (χ1v) is 9.86. The molecule has 0 saturated carbocycles. The van der Waals surface area contributed by atoms with Crippen molar-refractivity contribution in [3.05, 3.63) is 46.1 Å². The van der Waals surface area contributed by atoms with Crippen molar-refractivity contribution < 1.29 is 9.59 Å². The number of carbonyl (C=O) groups is 2. The number of benzene rings is 1. The molecule has 4 rings (SSSR count). The Morgan fingerprint density at radius 3 is 2.55 bits per heavy atom. The first-order chi connectivity index (χ1) is 13.9. The standard InChI is InChI=1S/C20H21ClN6O2/c1-12(22)16-3-4-18(25-24-16)26-6-8-27(9-7-26)20(29)14-10-13-2-5-19(28)23-17(13)11-15(14)21/h3-4,10-11,22H,2,5-9H2,1H3,(H,23,28). The smallest absolute Gasteiger partial charge is 0.255 e. The average Bonchev–Trinajstić information content (AvgIpc) is 2.73. The molecule has 9 heteroatoms. The molecule has 2 aromatic rings. The highest BCUT2D eigenvalue weighted by Gasteiger charge is 2.26. The van der Waals surface area contributed by atoms with Gasteiger partial charge in [0.05, 0.1) is 16.3 Å². The van der Waals surface area contributed by atoms with E-state index in [0.717, 1.165) is 11.4 Å². The third-order valence-corrected chi connectivity index (χ3v) is 5.56. The van der Waals surface area contributed by atoms with E-state index in [-0.39, 0.29) is 11.8 Å². The van der Waals surface area contributed by atoms with Crippen LogP contribution < -0.4 is 10.2 Å². The highest BCUT2D eigenvalue weighted by Crippen LogP contribution is 2.30. The summed E-state index contributed by atoms with van der Waals surface area (Å²) in [4.78, 5) is 28.4. The fourth-order valence-corrected chi connectivity index (χ4v) is 3.81. The topological polar surface area (TPSA) is 102 Å². The molecule has 2 amide bonds. The molecule has 150 valence electrons. The zero-order valence-corrected chi connectivity index (χ0v) is 16.8. The molecule has 1 aromatic heterocycles. The predicted molar refractivity (Wildman–Crippen MR) is 111 cm³/mol. The van der Waals surface area contributed by atoms with Crippen LogP contribution in [0, 0.1) is 5.41 Å². The summed E-state index contributed by atoms with van der Waals surface area (Å²) in [6.07, 6.45) is 1.02. The van der Waals surface area contributed by atoms with Gasteiger partial charge in [-0.1, -0.05) is 11.6 Å². The van der Waals surface area contributed by atoms with Gasteiger partial charge in [0.15, 0.2) is 5.82 Å². The lowest BCUT2D eigenvalue weighted by Gasteiger charge is -2.35.